The zero-order valence-electron chi connectivity index (χ0n) is 18.3. The van der Waals surface area contributed by atoms with E-state index in [0.717, 1.165) is 16.1 Å². The lowest BCUT2D eigenvalue weighted by Gasteiger charge is -2.08. The summed E-state index contributed by atoms with van der Waals surface area (Å²) in [5.74, 6) is -1.38. The van der Waals surface area contributed by atoms with Crippen molar-refractivity contribution in [3.8, 4) is 10.4 Å². The van der Waals surface area contributed by atoms with Crippen LogP contribution in [0.1, 0.15) is 34.1 Å². The molecule has 0 aliphatic heterocycles. The van der Waals surface area contributed by atoms with Gasteiger partial charge in [0.05, 0.1) is 24.2 Å². The minimum absolute atomic E-state index is 0.0463. The third kappa shape index (κ3) is 6.84. The molecule has 33 heavy (non-hydrogen) atoms. The first-order valence-electron chi connectivity index (χ1n) is 10.2. The van der Waals surface area contributed by atoms with Crippen LogP contribution in [0.25, 0.3) is 10.4 Å². The molecule has 7 nitrogen and oxygen atoms in total. The molecular weight excluding hydrogens is 460 g/mol. The number of benzene rings is 2. The van der Waals surface area contributed by atoms with Crippen LogP contribution in [0, 0.1) is 0 Å². The van der Waals surface area contributed by atoms with E-state index in [4.69, 9.17) is 9.47 Å². The van der Waals surface area contributed by atoms with Gasteiger partial charge >= 0.3 is 11.9 Å². The number of carbonyl (C=O) groups excluding carboxylic acids is 3. The molecule has 0 unspecified atom stereocenters. The molecule has 0 aliphatic carbocycles. The second-order valence-corrected chi connectivity index (χ2v) is 8.43. The van der Waals surface area contributed by atoms with E-state index < -0.39 is 11.9 Å². The third-order valence-corrected chi connectivity index (χ3v) is 5.96. The van der Waals surface area contributed by atoms with Crippen LogP contribution in [0.3, 0.4) is 0 Å². The molecule has 0 bridgehead atoms. The molecule has 9 heteroatoms. The van der Waals surface area contributed by atoms with E-state index in [9.17, 15) is 14.4 Å². The van der Waals surface area contributed by atoms with Crippen molar-refractivity contribution in [3.63, 3.8) is 0 Å². The smallest absolute Gasteiger partial charge is 0.341 e. The van der Waals surface area contributed by atoms with Crippen LogP contribution >= 0.6 is 23.3 Å². The Hall–Kier alpha value is -3.30. The van der Waals surface area contributed by atoms with Crippen LogP contribution in [0.2, 0.25) is 0 Å². The Morgan fingerprint density at radius 3 is 2.48 bits per heavy atom. The maximum absolute atomic E-state index is 12.5. The molecule has 0 spiro atoms. The Balaban J connectivity index is 1.62. The number of hydrogen-bond donors (Lipinski definition) is 2. The number of ether oxygens (including phenoxy) is 2. The highest BCUT2D eigenvalue weighted by Crippen LogP contribution is 2.36. The van der Waals surface area contributed by atoms with Gasteiger partial charge in [0.15, 0.2) is 0 Å². The topological polar surface area (TPSA) is 93.7 Å². The summed E-state index contributed by atoms with van der Waals surface area (Å²) in [6.45, 7) is 1.87. The Morgan fingerprint density at radius 2 is 1.76 bits per heavy atom. The third-order valence-electron chi connectivity index (χ3n) is 4.42. The standard InChI is InChI=1S/C24H24N2O5S2/c1-3-30-24(29)19-15-20(16-8-5-4-6-9-16)33-22(19)25-21(27)12-13-31-23(28)17-10-7-11-18(14-17)26-32-2/h4-11,14-15,26H,3,12-13H2,1-2H3,(H,25,27). The molecule has 172 valence electrons. The number of nitrogens with one attached hydrogen (secondary N) is 2. The van der Waals surface area contributed by atoms with Crippen molar-refractivity contribution in [1.29, 1.82) is 0 Å². The van der Waals surface area contributed by atoms with Crippen molar-refractivity contribution in [2.45, 2.75) is 13.3 Å². The summed E-state index contributed by atoms with van der Waals surface area (Å²) in [7, 11) is 0. The zero-order valence-corrected chi connectivity index (χ0v) is 19.9. The van der Waals surface area contributed by atoms with Crippen LogP contribution in [0.4, 0.5) is 10.7 Å². The SMILES string of the molecule is CCOC(=O)c1cc(-c2ccccc2)sc1NC(=O)CCOC(=O)c1cccc(NSC)c1. The van der Waals surface area contributed by atoms with Gasteiger partial charge in [0.25, 0.3) is 0 Å². The van der Waals surface area contributed by atoms with Crippen LogP contribution < -0.4 is 10.0 Å². The predicted molar refractivity (Wildman–Crippen MR) is 133 cm³/mol. The van der Waals surface area contributed by atoms with Crippen molar-refractivity contribution in [2.24, 2.45) is 0 Å². The van der Waals surface area contributed by atoms with E-state index in [-0.39, 0.29) is 25.5 Å². The highest BCUT2D eigenvalue weighted by molar-refractivity contribution is 7.99. The highest BCUT2D eigenvalue weighted by Gasteiger charge is 2.20. The largest absolute Gasteiger partial charge is 0.462 e. The van der Waals surface area contributed by atoms with Crippen molar-refractivity contribution < 1.29 is 23.9 Å². The van der Waals surface area contributed by atoms with Gasteiger partial charge in [-0.3, -0.25) is 4.79 Å². The second kappa shape index (κ2) is 12.1. The minimum Gasteiger partial charge on any atom is -0.462 e. The summed E-state index contributed by atoms with van der Waals surface area (Å²) < 4.78 is 13.4. The molecule has 1 aromatic heterocycles. The minimum atomic E-state index is -0.512. The van der Waals surface area contributed by atoms with Crippen molar-refractivity contribution in [3.05, 3.63) is 71.8 Å². The van der Waals surface area contributed by atoms with Crippen molar-refractivity contribution >= 4 is 51.8 Å². The second-order valence-electron chi connectivity index (χ2n) is 6.76. The van der Waals surface area contributed by atoms with Crippen LogP contribution in [0.5, 0.6) is 0 Å². The molecule has 0 saturated heterocycles. The van der Waals surface area contributed by atoms with E-state index in [1.807, 2.05) is 42.7 Å². The molecule has 2 N–H and O–H groups in total. The fourth-order valence-corrected chi connectivity index (χ4v) is 4.36. The van der Waals surface area contributed by atoms with E-state index in [1.54, 1.807) is 31.2 Å². The maximum Gasteiger partial charge on any atom is 0.341 e. The molecule has 1 heterocycles. The Bertz CT molecular complexity index is 1120. The maximum atomic E-state index is 12.5. The summed E-state index contributed by atoms with van der Waals surface area (Å²) in [5.41, 5.74) is 2.41. The zero-order chi connectivity index (χ0) is 23.6. The molecule has 2 aromatic carbocycles. The summed E-state index contributed by atoms with van der Waals surface area (Å²) in [6.07, 6.45) is 1.84. The molecule has 0 radical (unpaired) electrons. The van der Waals surface area contributed by atoms with Gasteiger partial charge < -0.3 is 19.5 Å². The summed E-state index contributed by atoms with van der Waals surface area (Å²) >= 11 is 2.71. The van der Waals surface area contributed by atoms with E-state index in [1.165, 1.54) is 23.3 Å². The lowest BCUT2D eigenvalue weighted by Crippen LogP contribution is -2.17. The Morgan fingerprint density at radius 1 is 0.970 bits per heavy atom. The van der Waals surface area contributed by atoms with Gasteiger partial charge in [-0.25, -0.2) is 9.59 Å². The molecule has 1 amide bonds. The molecule has 0 atom stereocenters. The normalized spacial score (nSPS) is 10.4. The van der Waals surface area contributed by atoms with Crippen LogP contribution in [-0.4, -0.2) is 37.3 Å². The number of hydrogen-bond acceptors (Lipinski definition) is 8. The molecule has 0 saturated carbocycles. The molecule has 3 rings (SSSR count). The predicted octanol–water partition coefficient (Wildman–Crippen LogP) is 5.47. The average Bonchev–Trinajstić information content (AvgIpc) is 3.24. The Kier molecular flexibility index (Phi) is 8.91. The molecule has 0 fully saturated rings. The molecular formula is C24H24N2O5S2. The van der Waals surface area contributed by atoms with Gasteiger partial charge in [0.1, 0.15) is 11.6 Å². The number of amides is 1. The van der Waals surface area contributed by atoms with Gasteiger partial charge in [-0.15, -0.1) is 11.3 Å². The van der Waals surface area contributed by atoms with Crippen molar-refractivity contribution in [1.82, 2.24) is 0 Å². The molecule has 0 aliphatic rings. The number of rotatable bonds is 10. The fraction of sp³-hybridized carbons (Fsp3) is 0.208. The van der Waals surface area contributed by atoms with Gasteiger partial charge in [-0.1, -0.05) is 48.3 Å². The van der Waals surface area contributed by atoms with E-state index in [2.05, 4.69) is 10.0 Å². The van der Waals surface area contributed by atoms with E-state index in [0.29, 0.717) is 16.1 Å². The first kappa shape index (κ1) is 24.3. The number of thiophene rings is 1. The van der Waals surface area contributed by atoms with Gasteiger partial charge in [-0.05, 0) is 36.8 Å². The van der Waals surface area contributed by atoms with Gasteiger partial charge in [-0.2, -0.15) is 0 Å². The lowest BCUT2D eigenvalue weighted by atomic mass is 10.1. The quantitative estimate of drug-likeness (QED) is 0.291. The van der Waals surface area contributed by atoms with E-state index >= 15 is 0 Å². The fourth-order valence-electron chi connectivity index (χ4n) is 2.93. The van der Waals surface area contributed by atoms with Gasteiger partial charge in [0.2, 0.25) is 5.91 Å². The summed E-state index contributed by atoms with van der Waals surface area (Å²) in [4.78, 5) is 38.0. The highest BCUT2D eigenvalue weighted by atomic mass is 32.2. The Labute approximate surface area is 200 Å². The van der Waals surface area contributed by atoms with Crippen LogP contribution in [-0.2, 0) is 14.3 Å². The van der Waals surface area contributed by atoms with Crippen molar-refractivity contribution in [2.75, 3.05) is 29.5 Å². The molecule has 3 aromatic rings. The number of carbonyl (C=O) groups is 3. The first-order chi connectivity index (χ1) is 16.0. The van der Waals surface area contributed by atoms with Gasteiger partial charge in [0, 0.05) is 16.8 Å². The summed E-state index contributed by atoms with van der Waals surface area (Å²) in [6, 6.07) is 18.2. The van der Waals surface area contributed by atoms with Crippen LogP contribution in [0.15, 0.2) is 60.7 Å². The lowest BCUT2D eigenvalue weighted by molar-refractivity contribution is -0.116. The monoisotopic (exact) mass is 484 g/mol. The first-order valence-corrected chi connectivity index (χ1v) is 12.3. The number of esters is 2. The number of anilines is 2. The average molecular weight is 485 g/mol. The summed E-state index contributed by atoms with van der Waals surface area (Å²) in [5, 5.41) is 3.16.